The number of pyridine rings is 1. The zero-order chi connectivity index (χ0) is 13.0. The molecule has 5 nitrogen and oxygen atoms in total. The zero-order valence-corrected chi connectivity index (χ0v) is 11.0. The third-order valence-electron chi connectivity index (χ3n) is 3.06. The lowest BCUT2D eigenvalue weighted by atomic mass is 10.2. The highest BCUT2D eigenvalue weighted by Gasteiger charge is 2.26. The Kier molecular flexibility index (Phi) is 4.52. The number of hydrogen-bond acceptors (Lipinski definition) is 5. The molecule has 1 aliphatic rings. The van der Waals surface area contributed by atoms with Crippen molar-refractivity contribution >= 4 is 5.82 Å². The summed E-state index contributed by atoms with van der Waals surface area (Å²) >= 11 is 0. The minimum atomic E-state index is -0.127. The molecule has 100 valence electrons. The normalized spacial score (nSPS) is 24.3. The summed E-state index contributed by atoms with van der Waals surface area (Å²) in [7, 11) is 1.93. The van der Waals surface area contributed by atoms with Gasteiger partial charge in [0.15, 0.2) is 0 Å². The Labute approximate surface area is 108 Å². The van der Waals surface area contributed by atoms with Crippen LogP contribution in [0.4, 0.5) is 5.82 Å². The molecule has 0 amide bonds. The second-order valence-electron chi connectivity index (χ2n) is 4.67. The summed E-state index contributed by atoms with van der Waals surface area (Å²) in [5.74, 6) is 0.987. The Balaban J connectivity index is 2.19. The summed E-state index contributed by atoms with van der Waals surface area (Å²) in [4.78, 5) is 6.67. The first-order valence-electron chi connectivity index (χ1n) is 6.34. The van der Waals surface area contributed by atoms with Gasteiger partial charge in [0.25, 0.3) is 0 Å². The lowest BCUT2D eigenvalue weighted by Gasteiger charge is -2.37. The van der Waals surface area contributed by atoms with Crippen LogP contribution in [0.5, 0.6) is 0 Å². The van der Waals surface area contributed by atoms with Crippen LogP contribution in [-0.2, 0) is 11.3 Å². The molecular weight excluding hydrogens is 230 g/mol. The van der Waals surface area contributed by atoms with Crippen LogP contribution in [0.3, 0.4) is 0 Å². The van der Waals surface area contributed by atoms with Gasteiger partial charge < -0.3 is 20.1 Å². The first-order valence-corrected chi connectivity index (χ1v) is 6.34. The van der Waals surface area contributed by atoms with Gasteiger partial charge in [0.1, 0.15) is 5.82 Å². The molecule has 0 saturated carbocycles. The van der Waals surface area contributed by atoms with Crippen molar-refractivity contribution in [3.8, 4) is 0 Å². The van der Waals surface area contributed by atoms with Crippen LogP contribution in [-0.4, -0.2) is 49.0 Å². The Morgan fingerprint density at radius 1 is 1.56 bits per heavy atom. The molecule has 18 heavy (non-hydrogen) atoms. The van der Waals surface area contributed by atoms with Crippen LogP contribution in [0.25, 0.3) is 0 Å². The quantitative estimate of drug-likeness (QED) is 0.810. The number of nitrogens with one attached hydrogen (secondary N) is 1. The Morgan fingerprint density at radius 2 is 2.39 bits per heavy atom. The van der Waals surface area contributed by atoms with E-state index in [1.807, 2.05) is 26.2 Å². The van der Waals surface area contributed by atoms with Crippen molar-refractivity contribution in [3.63, 3.8) is 0 Å². The van der Waals surface area contributed by atoms with Crippen LogP contribution in [0.2, 0.25) is 0 Å². The monoisotopic (exact) mass is 251 g/mol. The Hall–Kier alpha value is -1.17. The summed E-state index contributed by atoms with van der Waals surface area (Å²) in [5, 5.41) is 12.4. The maximum Gasteiger partial charge on any atom is 0.133 e. The second kappa shape index (κ2) is 6.13. The van der Waals surface area contributed by atoms with Crippen molar-refractivity contribution in [2.75, 3.05) is 31.6 Å². The average molecular weight is 251 g/mol. The minimum Gasteiger partial charge on any atom is -0.394 e. The van der Waals surface area contributed by atoms with Gasteiger partial charge in [-0.25, -0.2) is 4.98 Å². The van der Waals surface area contributed by atoms with E-state index < -0.39 is 0 Å². The van der Waals surface area contributed by atoms with E-state index in [0.717, 1.165) is 18.9 Å². The molecular formula is C13H21N3O2. The minimum absolute atomic E-state index is 0.0506. The first-order chi connectivity index (χ1) is 8.74. The maximum atomic E-state index is 9.26. The molecule has 1 fully saturated rings. The lowest BCUT2D eigenvalue weighted by Crippen LogP contribution is -2.48. The van der Waals surface area contributed by atoms with Gasteiger partial charge in [-0.15, -0.1) is 0 Å². The maximum absolute atomic E-state index is 9.26. The highest BCUT2D eigenvalue weighted by molar-refractivity contribution is 5.47. The molecule has 0 bridgehead atoms. The number of ether oxygens (including phenoxy) is 1. The summed E-state index contributed by atoms with van der Waals surface area (Å²) in [5.41, 5.74) is 1.17. The SMILES string of the molecule is CNCc1cccnc1N1CC(C)OC(CO)C1. The van der Waals surface area contributed by atoms with Gasteiger partial charge >= 0.3 is 0 Å². The van der Waals surface area contributed by atoms with E-state index in [9.17, 15) is 5.11 Å². The average Bonchev–Trinajstić information content (AvgIpc) is 2.39. The number of aliphatic hydroxyl groups excluding tert-OH is 1. The molecule has 1 aromatic heterocycles. The van der Waals surface area contributed by atoms with E-state index in [0.29, 0.717) is 6.54 Å². The third kappa shape index (κ3) is 2.98. The molecule has 0 aromatic carbocycles. The van der Waals surface area contributed by atoms with E-state index in [2.05, 4.69) is 21.3 Å². The molecule has 2 heterocycles. The molecule has 1 saturated heterocycles. The highest BCUT2D eigenvalue weighted by Crippen LogP contribution is 2.21. The molecule has 1 aromatic rings. The number of anilines is 1. The zero-order valence-electron chi connectivity index (χ0n) is 11.0. The molecule has 2 rings (SSSR count). The van der Waals surface area contributed by atoms with Crippen molar-refractivity contribution in [2.45, 2.75) is 25.7 Å². The van der Waals surface area contributed by atoms with Crippen LogP contribution in [0, 0.1) is 0 Å². The Bertz CT molecular complexity index is 386. The molecule has 0 aliphatic carbocycles. The van der Waals surface area contributed by atoms with Crippen LogP contribution in [0.1, 0.15) is 12.5 Å². The Morgan fingerprint density at radius 3 is 3.11 bits per heavy atom. The van der Waals surface area contributed by atoms with Crippen molar-refractivity contribution in [1.29, 1.82) is 0 Å². The summed E-state index contributed by atoms with van der Waals surface area (Å²) in [6, 6.07) is 4.02. The second-order valence-corrected chi connectivity index (χ2v) is 4.67. The topological polar surface area (TPSA) is 57.6 Å². The van der Waals surface area contributed by atoms with Crippen molar-refractivity contribution in [2.24, 2.45) is 0 Å². The van der Waals surface area contributed by atoms with Gasteiger partial charge in [0.2, 0.25) is 0 Å². The van der Waals surface area contributed by atoms with Crippen molar-refractivity contribution < 1.29 is 9.84 Å². The summed E-state index contributed by atoms with van der Waals surface area (Å²) in [6.45, 7) is 4.36. The predicted octanol–water partition coefficient (Wildman–Crippen LogP) is 0.387. The third-order valence-corrected chi connectivity index (χ3v) is 3.06. The lowest BCUT2D eigenvalue weighted by molar-refractivity contribution is -0.0423. The fraction of sp³-hybridized carbons (Fsp3) is 0.615. The molecule has 0 spiro atoms. The smallest absolute Gasteiger partial charge is 0.133 e. The number of morpholine rings is 1. The number of aliphatic hydroxyl groups is 1. The van der Waals surface area contributed by atoms with Crippen molar-refractivity contribution in [1.82, 2.24) is 10.3 Å². The standard InChI is InChI=1S/C13H21N3O2/c1-10-7-16(8-12(9-17)18-10)13-11(6-14-2)4-3-5-15-13/h3-5,10,12,14,17H,6-9H2,1-2H3. The van der Waals surface area contributed by atoms with Gasteiger partial charge in [0.05, 0.1) is 18.8 Å². The molecule has 2 N–H and O–H groups in total. The number of nitrogens with zero attached hydrogens (tertiary/aromatic N) is 2. The molecule has 5 heteroatoms. The molecule has 2 unspecified atom stereocenters. The molecule has 2 atom stereocenters. The van der Waals surface area contributed by atoms with Crippen molar-refractivity contribution in [3.05, 3.63) is 23.9 Å². The molecule has 1 aliphatic heterocycles. The van der Waals surface area contributed by atoms with Crippen LogP contribution >= 0.6 is 0 Å². The highest BCUT2D eigenvalue weighted by atomic mass is 16.5. The largest absolute Gasteiger partial charge is 0.394 e. The van der Waals surface area contributed by atoms with Gasteiger partial charge in [-0.05, 0) is 20.0 Å². The van der Waals surface area contributed by atoms with E-state index in [1.54, 1.807) is 0 Å². The van der Waals surface area contributed by atoms with E-state index in [-0.39, 0.29) is 18.8 Å². The summed E-state index contributed by atoms with van der Waals surface area (Å²) in [6.07, 6.45) is 1.79. The fourth-order valence-corrected chi connectivity index (χ4v) is 2.36. The summed E-state index contributed by atoms with van der Waals surface area (Å²) < 4.78 is 5.65. The van der Waals surface area contributed by atoms with Crippen LogP contribution in [0.15, 0.2) is 18.3 Å². The van der Waals surface area contributed by atoms with E-state index in [1.165, 1.54) is 5.56 Å². The van der Waals surface area contributed by atoms with Gasteiger partial charge in [0, 0.05) is 31.4 Å². The first kappa shape index (κ1) is 13.3. The van der Waals surface area contributed by atoms with Gasteiger partial charge in [-0.2, -0.15) is 0 Å². The number of hydrogen-bond donors (Lipinski definition) is 2. The van der Waals surface area contributed by atoms with E-state index in [4.69, 9.17) is 4.74 Å². The number of aromatic nitrogens is 1. The van der Waals surface area contributed by atoms with Gasteiger partial charge in [-0.1, -0.05) is 6.07 Å². The van der Waals surface area contributed by atoms with Gasteiger partial charge in [-0.3, -0.25) is 0 Å². The molecule has 0 radical (unpaired) electrons. The fourth-order valence-electron chi connectivity index (χ4n) is 2.36. The predicted molar refractivity (Wildman–Crippen MR) is 70.6 cm³/mol. The number of rotatable bonds is 4. The van der Waals surface area contributed by atoms with Crippen LogP contribution < -0.4 is 10.2 Å². The van der Waals surface area contributed by atoms with E-state index >= 15 is 0 Å².